The van der Waals surface area contributed by atoms with Crippen LogP contribution < -0.4 is 21.3 Å². The molecule has 8 aromatic rings. The summed E-state index contributed by atoms with van der Waals surface area (Å²) < 4.78 is 34.3. The zero-order chi connectivity index (χ0) is 74.9. The van der Waals surface area contributed by atoms with Gasteiger partial charge in [0.05, 0.1) is 106 Å². The van der Waals surface area contributed by atoms with E-state index < -0.39 is 65.4 Å². The van der Waals surface area contributed by atoms with Gasteiger partial charge in [-0.05, 0) is 100 Å². The summed E-state index contributed by atoms with van der Waals surface area (Å²) >= 11 is 17.5. The van der Waals surface area contributed by atoms with E-state index in [4.69, 9.17) is 56.9 Å². The lowest BCUT2D eigenvalue weighted by atomic mass is 9.85. The molecule has 3 aliphatic rings. The lowest BCUT2D eigenvalue weighted by molar-refractivity contribution is -0.145. The molecule has 5 N–H and O–H groups in total. The van der Waals surface area contributed by atoms with Crippen molar-refractivity contribution in [2.45, 2.75) is 132 Å². The number of aliphatic imine (C=N–C) groups is 2. The number of β-amino-alcohol motifs (C(OH)–C–C–N with tert-alkyl or cyclic N) is 1. The second kappa shape index (κ2) is 34.7. The summed E-state index contributed by atoms with van der Waals surface area (Å²) in [5, 5.41) is 43.6. The van der Waals surface area contributed by atoms with Crippen molar-refractivity contribution >= 4 is 98.2 Å². The van der Waals surface area contributed by atoms with Crippen LogP contribution >= 0.6 is 57.2 Å². The van der Waals surface area contributed by atoms with Gasteiger partial charge in [-0.15, -0.1) is 54.4 Å². The Morgan fingerprint density at radius 2 is 1.08 bits per heavy atom. The number of rotatable bonds is 32. The van der Waals surface area contributed by atoms with E-state index in [-0.39, 0.29) is 117 Å². The summed E-state index contributed by atoms with van der Waals surface area (Å²) in [6.45, 7) is 22.9. The van der Waals surface area contributed by atoms with Crippen LogP contribution in [0.5, 0.6) is 0 Å². The number of likely N-dealkylation sites (tertiary alicyclic amines) is 1. The van der Waals surface area contributed by atoms with Crippen LogP contribution in [0.1, 0.15) is 137 Å². The van der Waals surface area contributed by atoms with Crippen LogP contribution in [-0.2, 0) is 54.2 Å². The molecule has 0 saturated carbocycles. The molecule has 25 nitrogen and oxygen atoms in total. The molecule has 30 heteroatoms. The number of hydrogen-bond acceptors (Lipinski definition) is 21. The number of amides is 5. The van der Waals surface area contributed by atoms with Crippen molar-refractivity contribution < 1.29 is 52.8 Å². The molecule has 11 rings (SSSR count). The molecule has 8 heterocycles. The van der Waals surface area contributed by atoms with Gasteiger partial charge in [0.25, 0.3) is 0 Å². The maximum atomic E-state index is 14.5. The van der Waals surface area contributed by atoms with Crippen molar-refractivity contribution in [3.8, 4) is 20.4 Å². The molecule has 0 radical (unpaired) electrons. The highest BCUT2D eigenvalue weighted by molar-refractivity contribution is 7.15. The molecule has 0 aliphatic carbocycles. The van der Waals surface area contributed by atoms with Crippen molar-refractivity contribution in [3.63, 3.8) is 0 Å². The Bertz CT molecular complexity index is 4290. The number of fused-ring (bicyclic) bond motifs is 6. The average molecular weight is 1530 g/mol. The van der Waals surface area contributed by atoms with Crippen molar-refractivity contribution in [3.05, 3.63) is 166 Å². The van der Waals surface area contributed by atoms with E-state index >= 15 is 0 Å². The quantitative estimate of drug-likeness (QED) is 0.0245. The van der Waals surface area contributed by atoms with Gasteiger partial charge in [-0.25, -0.2) is 4.98 Å². The highest BCUT2D eigenvalue weighted by Crippen LogP contribution is 2.42. The molecule has 5 amide bonds. The van der Waals surface area contributed by atoms with Crippen LogP contribution in [0.15, 0.2) is 88.3 Å². The number of hydrogen-bond donors (Lipinski definition) is 5. The van der Waals surface area contributed by atoms with Gasteiger partial charge in [-0.1, -0.05) is 99.4 Å². The van der Waals surface area contributed by atoms with Gasteiger partial charge < -0.3 is 55.0 Å². The summed E-state index contributed by atoms with van der Waals surface area (Å²) in [7, 11) is 0. The number of carbonyl (C=O) groups excluding carboxylic acids is 5. The first-order chi connectivity index (χ1) is 50.2. The minimum atomic E-state index is -1.08. The van der Waals surface area contributed by atoms with Crippen molar-refractivity contribution in [1.29, 1.82) is 0 Å². The fourth-order valence-corrected chi connectivity index (χ4v) is 16.4. The molecule has 3 aliphatic heterocycles. The number of nitrogens with one attached hydrogen (secondary N) is 4. The molecule has 5 atom stereocenters. The third-order valence-corrected chi connectivity index (χ3v) is 22.5. The van der Waals surface area contributed by atoms with Gasteiger partial charge in [-0.2, -0.15) is 0 Å². The second-order valence-corrected chi connectivity index (χ2v) is 32.1. The van der Waals surface area contributed by atoms with E-state index in [0.29, 0.717) is 33.3 Å². The lowest BCUT2D eigenvalue weighted by Gasteiger charge is -2.35. The Labute approximate surface area is 632 Å². The number of thiazole rings is 1. The van der Waals surface area contributed by atoms with Crippen LogP contribution in [0.2, 0.25) is 10.0 Å². The molecule has 0 unspecified atom stereocenters. The topological polar surface area (TPSA) is 302 Å². The number of aryl methyl sites for hydroxylation is 5. The molecule has 105 heavy (non-hydrogen) atoms. The molecule has 3 aromatic carbocycles. The Hall–Kier alpha value is -8.00. The third kappa shape index (κ3) is 18.9. The number of nitrogens with zero attached hydrogens (tertiary/aromatic N) is 10. The third-order valence-electron chi connectivity index (χ3n) is 18.6. The van der Waals surface area contributed by atoms with Gasteiger partial charge >= 0.3 is 0 Å². The maximum Gasteiger partial charge on any atom is 0.246 e. The Kier molecular flexibility index (Phi) is 25.8. The number of benzene rings is 3. The normalized spacial score (nSPS) is 16.6. The first kappa shape index (κ1) is 78.1. The molecular formula is C75H90Cl2N14O11S3. The van der Waals surface area contributed by atoms with E-state index in [0.717, 1.165) is 86.3 Å². The molecule has 558 valence electrons. The van der Waals surface area contributed by atoms with Crippen LogP contribution in [0, 0.1) is 59.3 Å². The summed E-state index contributed by atoms with van der Waals surface area (Å²) in [5.41, 5.74) is 10.4. The summed E-state index contributed by atoms with van der Waals surface area (Å²) in [5.74, 6) is 0.560. The number of ether oxygens (including phenoxy) is 5. The summed E-state index contributed by atoms with van der Waals surface area (Å²) in [4.78, 5) is 89.0. The molecule has 5 aromatic heterocycles. The first-order valence-electron chi connectivity index (χ1n) is 35.0. The molecule has 0 spiro atoms. The predicted molar refractivity (Wildman–Crippen MR) is 406 cm³/mol. The highest BCUT2D eigenvalue weighted by atomic mass is 35.5. The minimum absolute atomic E-state index is 0.00628. The molecule has 1 fully saturated rings. The van der Waals surface area contributed by atoms with Crippen LogP contribution in [-0.4, -0.2) is 189 Å². The van der Waals surface area contributed by atoms with Crippen LogP contribution in [0.25, 0.3) is 20.4 Å². The summed E-state index contributed by atoms with van der Waals surface area (Å²) in [6.07, 6.45) is -0.880. The van der Waals surface area contributed by atoms with Crippen molar-refractivity contribution in [1.82, 2.24) is 60.7 Å². The largest absolute Gasteiger partial charge is 0.391 e. The number of aliphatic hydroxyl groups excluding tert-OH is 1. The number of carbonyl (C=O) groups is 5. The monoisotopic (exact) mass is 1530 g/mol. The highest BCUT2D eigenvalue weighted by Gasteiger charge is 2.45. The Morgan fingerprint density at radius 1 is 0.600 bits per heavy atom. The average Bonchev–Trinajstić information content (AvgIpc) is 1.60. The number of aromatic nitrogens is 7. The zero-order valence-electron chi connectivity index (χ0n) is 60.9. The van der Waals surface area contributed by atoms with E-state index in [1.54, 1.807) is 39.5 Å². The number of halogens is 2. The van der Waals surface area contributed by atoms with Crippen molar-refractivity contribution in [2.75, 3.05) is 85.7 Å². The fraction of sp³-hybridized carbons (Fsp3) is 0.467. The molecular weight excluding hydrogens is 1440 g/mol. The smallest absolute Gasteiger partial charge is 0.246 e. The first-order valence-corrected chi connectivity index (χ1v) is 38.2. The SMILES string of the molecule is Cc1ncsc1-c1ccc(CNC(=O)[C@@H]2C[C@@H](O)CN2C(=O)[C@@H](NC(=O)COCC(C)(COCCOCCNC(=O)C[C@@H]2N=C(c3ccc(Cl)cc3)c3c(sc(C)c3C)-n3c(C)nnc32)COCCOCCNC(=O)C[C@@H]2N=C(c3ccc(Cl)cc3)c3c(sc(C)c3C)-n3c(C)nnc32)C(C)(C)C)cc1. The maximum absolute atomic E-state index is 14.5. The van der Waals surface area contributed by atoms with Crippen molar-refractivity contribution in [2.24, 2.45) is 20.8 Å². The number of thiophene rings is 2. The lowest BCUT2D eigenvalue weighted by Crippen LogP contribution is -2.58. The second-order valence-electron chi connectivity index (χ2n) is 28.0. The van der Waals surface area contributed by atoms with E-state index in [9.17, 15) is 29.1 Å². The predicted octanol–water partition coefficient (Wildman–Crippen LogP) is 9.96. The number of aliphatic hydroxyl groups is 1. The minimum Gasteiger partial charge on any atom is -0.391 e. The standard InChI is InChI=1S/C75H90Cl2N14O11S3/c1-42-45(4)104-72-62(42)64(50-16-20-53(76)21-17-50)82-56(68-87-85-47(6)90(68)72)33-59(93)78-24-26-98-28-30-100-38-75(11,39-101-31-29-99-27-25-79-60(94)34-57-69-88-86-48(7)91(69)73-63(43(2)46(5)105-73)65(83-57)51-18-22-54(77)23-19-51)40-102-37-61(95)84-67(74(8,9)10)71(97)89-36-55(92)32-58(89)70(96)80-35-49-12-14-52(15-13-49)66-44(3)81-41-103-66/h12-23,41,55-58,67,92H,24-40H2,1-11H3,(H,78,93)(H,79,94)(H,80,96)(H,84,95)/t55-,56+,57+,58+,67-/m1/s1. The van der Waals surface area contributed by atoms with Gasteiger partial charge in [0.1, 0.15) is 52.4 Å². The van der Waals surface area contributed by atoms with Crippen LogP contribution in [0.4, 0.5) is 0 Å². The van der Waals surface area contributed by atoms with E-state index in [1.165, 1.54) is 4.90 Å². The molecule has 0 bridgehead atoms. The van der Waals surface area contributed by atoms with Crippen LogP contribution in [0.3, 0.4) is 0 Å². The fourth-order valence-electron chi connectivity index (χ4n) is 12.9. The van der Waals surface area contributed by atoms with E-state index in [2.05, 4.69) is 74.3 Å². The van der Waals surface area contributed by atoms with Gasteiger partial charge in [0.2, 0.25) is 29.5 Å². The Balaban J connectivity index is 0.668. The van der Waals surface area contributed by atoms with Gasteiger partial charge in [0.15, 0.2) is 11.6 Å². The Morgan fingerprint density at radius 3 is 1.55 bits per heavy atom. The van der Waals surface area contributed by atoms with Gasteiger partial charge in [0, 0.05) is 80.1 Å². The van der Waals surface area contributed by atoms with Gasteiger partial charge in [-0.3, -0.25) is 43.1 Å². The summed E-state index contributed by atoms with van der Waals surface area (Å²) in [6, 6.07) is 19.5. The zero-order valence-corrected chi connectivity index (χ0v) is 64.9. The molecule has 1 saturated heterocycles. The van der Waals surface area contributed by atoms with E-state index in [1.807, 2.05) is 130 Å².